The number of aromatic nitrogens is 2. The zero-order valence-corrected chi connectivity index (χ0v) is 7.76. The maximum atomic E-state index is 5.09. The molecule has 56 valence electrons. The average molecular weight is 231 g/mol. The summed E-state index contributed by atoms with van der Waals surface area (Å²) in [6.07, 6.45) is 1.60. The first-order chi connectivity index (χ1) is 5.25. The molecule has 0 bridgehead atoms. The highest BCUT2D eigenvalue weighted by atomic mass is 79.9. The van der Waals surface area contributed by atoms with Gasteiger partial charge in [0.1, 0.15) is 10.1 Å². The summed E-state index contributed by atoms with van der Waals surface area (Å²) in [5.41, 5.74) is 1.41. The van der Waals surface area contributed by atoms with Crippen molar-refractivity contribution >= 4 is 39.7 Å². The first-order valence-corrected chi connectivity index (χ1v) is 4.11. The van der Waals surface area contributed by atoms with E-state index in [-0.39, 0.29) is 0 Å². The topological polar surface area (TPSA) is 38.9 Å². The molecule has 0 unspecified atom stereocenters. The van der Waals surface area contributed by atoms with Crippen LogP contribution in [-0.4, -0.2) is 9.97 Å². The highest BCUT2D eigenvalue weighted by Crippen LogP contribution is 2.19. The fraction of sp³-hybridized carbons (Fsp3) is 0. The molecule has 2 rings (SSSR count). The van der Waals surface area contributed by atoms with E-state index in [1.165, 1.54) is 0 Å². The van der Waals surface area contributed by atoms with Gasteiger partial charge >= 0.3 is 0 Å². The van der Waals surface area contributed by atoms with Crippen LogP contribution in [0.3, 0.4) is 0 Å². The van der Waals surface area contributed by atoms with E-state index >= 15 is 0 Å². The maximum absolute atomic E-state index is 5.09. The third-order valence-corrected chi connectivity index (χ3v) is 1.86. The Kier molecular flexibility index (Phi) is 1.61. The molecule has 0 N–H and O–H groups in total. The predicted octanol–water partition coefficient (Wildman–Crippen LogP) is 2.27. The third-order valence-electron chi connectivity index (χ3n) is 1.23. The van der Waals surface area contributed by atoms with E-state index in [1.807, 2.05) is 0 Å². The van der Waals surface area contributed by atoms with Crippen molar-refractivity contribution in [3.8, 4) is 0 Å². The number of hydrogen-bond acceptors (Lipinski definition) is 4. The molecule has 0 aliphatic heterocycles. The molecule has 2 aromatic heterocycles. The fourth-order valence-electron chi connectivity index (χ4n) is 0.798. The SMILES string of the molecule is Sc1nc2cc(Br)ncc2o1. The molecule has 3 nitrogen and oxygen atoms in total. The Morgan fingerprint density at radius 2 is 2.36 bits per heavy atom. The molecule has 0 radical (unpaired) electrons. The minimum Gasteiger partial charge on any atom is -0.430 e. The zero-order valence-electron chi connectivity index (χ0n) is 5.28. The van der Waals surface area contributed by atoms with Crippen LogP contribution >= 0.6 is 28.6 Å². The van der Waals surface area contributed by atoms with E-state index in [1.54, 1.807) is 12.3 Å². The number of oxazole rings is 1. The normalized spacial score (nSPS) is 10.7. The second-order valence-corrected chi connectivity index (χ2v) is 3.17. The molecule has 0 aromatic carbocycles. The van der Waals surface area contributed by atoms with Crippen LogP contribution in [-0.2, 0) is 0 Å². The van der Waals surface area contributed by atoms with E-state index in [2.05, 4.69) is 38.5 Å². The van der Waals surface area contributed by atoms with Crippen LogP contribution in [0.5, 0.6) is 0 Å². The van der Waals surface area contributed by atoms with E-state index in [4.69, 9.17) is 4.42 Å². The Bertz CT molecular complexity index is 400. The maximum Gasteiger partial charge on any atom is 0.253 e. The molecule has 0 aliphatic rings. The van der Waals surface area contributed by atoms with E-state index in [0.29, 0.717) is 10.8 Å². The first kappa shape index (κ1) is 7.12. The molecular weight excluding hydrogens is 228 g/mol. The van der Waals surface area contributed by atoms with Crippen LogP contribution in [0.25, 0.3) is 11.1 Å². The quantitative estimate of drug-likeness (QED) is 0.558. The van der Waals surface area contributed by atoms with Gasteiger partial charge in [-0.05, 0) is 15.9 Å². The molecule has 0 spiro atoms. The van der Waals surface area contributed by atoms with Crippen LogP contribution in [0, 0.1) is 0 Å². The second kappa shape index (κ2) is 2.49. The lowest BCUT2D eigenvalue weighted by molar-refractivity contribution is 0.491. The Balaban J connectivity index is 2.82. The minimum atomic E-state index is 0.361. The number of pyridine rings is 1. The second-order valence-electron chi connectivity index (χ2n) is 1.97. The van der Waals surface area contributed by atoms with Gasteiger partial charge in [0.05, 0.1) is 6.20 Å². The molecule has 0 saturated heterocycles. The lowest BCUT2D eigenvalue weighted by Crippen LogP contribution is -1.73. The summed E-state index contributed by atoms with van der Waals surface area (Å²) in [7, 11) is 0. The van der Waals surface area contributed by atoms with Crippen molar-refractivity contribution < 1.29 is 4.42 Å². The molecule has 0 aliphatic carbocycles. The van der Waals surface area contributed by atoms with Gasteiger partial charge in [0.25, 0.3) is 5.22 Å². The van der Waals surface area contributed by atoms with Gasteiger partial charge in [-0.15, -0.1) is 0 Å². The number of halogens is 1. The van der Waals surface area contributed by atoms with Crippen molar-refractivity contribution in [3.05, 3.63) is 16.9 Å². The van der Waals surface area contributed by atoms with E-state index < -0.39 is 0 Å². The third kappa shape index (κ3) is 1.25. The fourth-order valence-corrected chi connectivity index (χ4v) is 1.32. The van der Waals surface area contributed by atoms with Crippen LogP contribution in [0.4, 0.5) is 0 Å². The average Bonchev–Trinajstić information content (AvgIpc) is 2.27. The smallest absolute Gasteiger partial charge is 0.253 e. The number of hydrogen-bond donors (Lipinski definition) is 1. The molecule has 0 atom stereocenters. The molecular formula is C6H3BrN2OS. The van der Waals surface area contributed by atoms with Gasteiger partial charge in [-0.2, -0.15) is 0 Å². The van der Waals surface area contributed by atoms with Crippen LogP contribution in [0.15, 0.2) is 26.5 Å². The molecule has 5 heteroatoms. The summed E-state index contributed by atoms with van der Waals surface area (Å²) in [6, 6.07) is 1.78. The van der Waals surface area contributed by atoms with Crippen LogP contribution in [0.2, 0.25) is 0 Å². The van der Waals surface area contributed by atoms with Gasteiger partial charge in [-0.25, -0.2) is 9.97 Å². The summed E-state index contributed by atoms with van der Waals surface area (Å²) in [5.74, 6) is 0. The molecule has 2 aromatic rings. The van der Waals surface area contributed by atoms with Crippen molar-refractivity contribution in [1.82, 2.24) is 9.97 Å². The summed E-state index contributed by atoms with van der Waals surface area (Å²) >= 11 is 7.18. The predicted molar refractivity (Wildman–Crippen MR) is 46.8 cm³/mol. The molecule has 11 heavy (non-hydrogen) atoms. The molecule has 0 fully saturated rings. The standard InChI is InChI=1S/C6H3BrN2OS/c7-5-1-3-4(2-8-5)10-6(11)9-3/h1-2H,(H,9,11). The largest absolute Gasteiger partial charge is 0.430 e. The van der Waals surface area contributed by atoms with Crippen molar-refractivity contribution in [1.29, 1.82) is 0 Å². The highest BCUT2D eigenvalue weighted by molar-refractivity contribution is 9.10. The number of nitrogens with zero attached hydrogens (tertiary/aromatic N) is 2. The number of thiol groups is 1. The Labute approximate surface area is 76.4 Å². The van der Waals surface area contributed by atoms with Crippen molar-refractivity contribution in [2.75, 3.05) is 0 Å². The van der Waals surface area contributed by atoms with Gasteiger partial charge in [-0.3, -0.25) is 0 Å². The van der Waals surface area contributed by atoms with Crippen molar-refractivity contribution in [3.63, 3.8) is 0 Å². The van der Waals surface area contributed by atoms with Crippen LogP contribution < -0.4 is 0 Å². The molecule has 0 amide bonds. The van der Waals surface area contributed by atoms with Crippen LogP contribution in [0.1, 0.15) is 0 Å². The lowest BCUT2D eigenvalue weighted by Gasteiger charge is -1.85. The van der Waals surface area contributed by atoms with Gasteiger partial charge in [-0.1, -0.05) is 12.6 Å². The van der Waals surface area contributed by atoms with Gasteiger partial charge in [0.15, 0.2) is 5.58 Å². The summed E-state index contributed by atoms with van der Waals surface area (Å²) in [5, 5.41) is 0.361. The highest BCUT2D eigenvalue weighted by Gasteiger charge is 2.02. The number of rotatable bonds is 0. The molecule has 0 saturated carbocycles. The van der Waals surface area contributed by atoms with Crippen molar-refractivity contribution in [2.24, 2.45) is 0 Å². The van der Waals surface area contributed by atoms with Gasteiger partial charge in [0, 0.05) is 6.07 Å². The Morgan fingerprint density at radius 3 is 3.18 bits per heavy atom. The summed E-state index contributed by atoms with van der Waals surface area (Å²) < 4.78 is 5.83. The van der Waals surface area contributed by atoms with E-state index in [9.17, 15) is 0 Å². The van der Waals surface area contributed by atoms with E-state index in [0.717, 1.165) is 10.1 Å². The molecule has 2 heterocycles. The number of fused-ring (bicyclic) bond motifs is 1. The summed E-state index contributed by atoms with van der Waals surface area (Å²) in [4.78, 5) is 7.97. The monoisotopic (exact) mass is 230 g/mol. The summed E-state index contributed by atoms with van der Waals surface area (Å²) in [6.45, 7) is 0. The first-order valence-electron chi connectivity index (χ1n) is 2.87. The van der Waals surface area contributed by atoms with Crippen molar-refractivity contribution in [2.45, 2.75) is 5.22 Å². The minimum absolute atomic E-state index is 0.361. The Hall–Kier alpha value is -0.550. The zero-order chi connectivity index (χ0) is 7.84. The Morgan fingerprint density at radius 1 is 1.55 bits per heavy atom. The van der Waals surface area contributed by atoms with Gasteiger partial charge < -0.3 is 4.42 Å². The lowest BCUT2D eigenvalue weighted by atomic mass is 10.4. The van der Waals surface area contributed by atoms with Gasteiger partial charge in [0.2, 0.25) is 0 Å².